The van der Waals surface area contributed by atoms with E-state index in [-0.39, 0.29) is 5.91 Å². The third-order valence-electron chi connectivity index (χ3n) is 3.95. The number of rotatable bonds is 3. The Labute approximate surface area is 144 Å². The number of anilines is 1. The molecular formula is C18H16N4OS. The first-order valence-corrected chi connectivity index (χ1v) is 8.73. The Kier molecular flexibility index (Phi) is 4.04. The largest absolute Gasteiger partial charge is 0.326 e. The average Bonchev–Trinajstić information content (AvgIpc) is 3.00. The van der Waals surface area contributed by atoms with E-state index in [4.69, 9.17) is 0 Å². The van der Waals surface area contributed by atoms with E-state index >= 15 is 0 Å². The molecule has 0 fully saturated rings. The maximum atomic E-state index is 11.4. The minimum atomic E-state index is 0.0514. The summed E-state index contributed by atoms with van der Waals surface area (Å²) in [6.07, 6.45) is 0.464. The SMILES string of the molecule is O=C1Cc2ccc(C3=NNC(=NCc4ccccc4)SC3)cc2N1. The number of carbonyl (C=O) groups is 1. The first kappa shape index (κ1) is 15.0. The van der Waals surface area contributed by atoms with Crippen LogP contribution in [0.2, 0.25) is 0 Å². The van der Waals surface area contributed by atoms with E-state index in [1.807, 2.05) is 36.4 Å². The number of aliphatic imine (C=N–C) groups is 1. The normalized spacial score (nSPS) is 17.9. The van der Waals surface area contributed by atoms with Gasteiger partial charge in [0.2, 0.25) is 5.91 Å². The fourth-order valence-electron chi connectivity index (χ4n) is 2.69. The van der Waals surface area contributed by atoms with E-state index in [9.17, 15) is 4.79 Å². The molecule has 2 aromatic rings. The highest BCUT2D eigenvalue weighted by atomic mass is 32.2. The molecule has 0 unspecified atom stereocenters. The van der Waals surface area contributed by atoms with Gasteiger partial charge in [-0.2, -0.15) is 5.10 Å². The number of hydrogen-bond donors (Lipinski definition) is 2. The number of amides is 1. The van der Waals surface area contributed by atoms with Crippen LogP contribution in [-0.2, 0) is 17.8 Å². The number of nitrogens with zero attached hydrogens (tertiary/aromatic N) is 2. The van der Waals surface area contributed by atoms with Gasteiger partial charge in [0.05, 0.1) is 18.7 Å². The van der Waals surface area contributed by atoms with Gasteiger partial charge in [-0.15, -0.1) is 0 Å². The Hall–Kier alpha value is -2.60. The molecule has 24 heavy (non-hydrogen) atoms. The van der Waals surface area contributed by atoms with Crippen molar-refractivity contribution in [2.24, 2.45) is 10.1 Å². The zero-order chi connectivity index (χ0) is 16.4. The summed E-state index contributed by atoms with van der Waals surface area (Å²) in [5.74, 6) is 0.809. The summed E-state index contributed by atoms with van der Waals surface area (Å²) in [5, 5.41) is 8.15. The first-order chi connectivity index (χ1) is 11.8. The lowest BCUT2D eigenvalue weighted by Crippen LogP contribution is -2.25. The molecule has 0 spiro atoms. The van der Waals surface area contributed by atoms with Crippen molar-refractivity contribution in [3.63, 3.8) is 0 Å². The van der Waals surface area contributed by atoms with E-state index in [0.717, 1.165) is 33.4 Å². The van der Waals surface area contributed by atoms with Crippen LogP contribution in [0.5, 0.6) is 0 Å². The van der Waals surface area contributed by atoms with Gasteiger partial charge in [-0.05, 0) is 17.2 Å². The maximum absolute atomic E-state index is 11.4. The first-order valence-electron chi connectivity index (χ1n) is 7.75. The number of thioether (sulfide) groups is 1. The minimum Gasteiger partial charge on any atom is -0.326 e. The van der Waals surface area contributed by atoms with E-state index in [2.05, 4.69) is 33.0 Å². The highest BCUT2D eigenvalue weighted by Gasteiger charge is 2.20. The van der Waals surface area contributed by atoms with Crippen LogP contribution < -0.4 is 10.7 Å². The maximum Gasteiger partial charge on any atom is 0.228 e. The highest BCUT2D eigenvalue weighted by molar-refractivity contribution is 8.14. The molecule has 2 aliphatic heterocycles. The lowest BCUT2D eigenvalue weighted by molar-refractivity contribution is -0.115. The summed E-state index contributed by atoms with van der Waals surface area (Å²) in [6.45, 7) is 0.645. The fourth-order valence-corrected chi connectivity index (χ4v) is 3.46. The Morgan fingerprint density at radius 3 is 2.83 bits per heavy atom. The average molecular weight is 336 g/mol. The molecule has 2 aliphatic rings. The molecule has 0 bridgehead atoms. The molecule has 0 atom stereocenters. The van der Waals surface area contributed by atoms with Crippen LogP contribution in [0.25, 0.3) is 0 Å². The molecule has 0 aliphatic carbocycles. The zero-order valence-electron chi connectivity index (χ0n) is 13.0. The topological polar surface area (TPSA) is 65.8 Å². The van der Waals surface area contributed by atoms with E-state index < -0.39 is 0 Å². The fraction of sp³-hybridized carbons (Fsp3) is 0.167. The molecule has 4 rings (SSSR count). The lowest BCUT2D eigenvalue weighted by atomic mass is 10.1. The summed E-state index contributed by atoms with van der Waals surface area (Å²) in [5.41, 5.74) is 8.14. The van der Waals surface area contributed by atoms with Crippen LogP contribution in [-0.4, -0.2) is 22.5 Å². The third kappa shape index (κ3) is 3.19. The van der Waals surface area contributed by atoms with Crippen molar-refractivity contribution in [1.29, 1.82) is 0 Å². The van der Waals surface area contributed by atoms with Gasteiger partial charge in [-0.1, -0.05) is 54.2 Å². The zero-order valence-corrected chi connectivity index (χ0v) is 13.8. The summed E-state index contributed by atoms with van der Waals surface area (Å²) >= 11 is 1.64. The van der Waals surface area contributed by atoms with Crippen LogP contribution >= 0.6 is 11.8 Å². The van der Waals surface area contributed by atoms with Gasteiger partial charge in [0, 0.05) is 17.0 Å². The molecule has 0 saturated carbocycles. The van der Waals surface area contributed by atoms with Crippen molar-refractivity contribution < 1.29 is 4.79 Å². The van der Waals surface area contributed by atoms with Crippen molar-refractivity contribution in [1.82, 2.24) is 5.43 Å². The van der Waals surface area contributed by atoms with Crippen molar-refractivity contribution >= 4 is 34.2 Å². The molecule has 2 aromatic carbocycles. The Morgan fingerprint density at radius 1 is 1.17 bits per heavy atom. The van der Waals surface area contributed by atoms with Crippen molar-refractivity contribution in [2.45, 2.75) is 13.0 Å². The molecule has 0 aromatic heterocycles. The van der Waals surface area contributed by atoms with Crippen molar-refractivity contribution in [2.75, 3.05) is 11.1 Å². The van der Waals surface area contributed by atoms with E-state index in [1.165, 1.54) is 5.56 Å². The molecule has 120 valence electrons. The van der Waals surface area contributed by atoms with Crippen LogP contribution in [0.15, 0.2) is 58.6 Å². The van der Waals surface area contributed by atoms with Crippen LogP contribution in [0.4, 0.5) is 5.69 Å². The van der Waals surface area contributed by atoms with Gasteiger partial charge in [-0.3, -0.25) is 15.2 Å². The lowest BCUT2D eigenvalue weighted by Gasteiger charge is -2.15. The molecular weight excluding hydrogens is 320 g/mol. The van der Waals surface area contributed by atoms with Crippen LogP contribution in [0.1, 0.15) is 16.7 Å². The Bertz CT molecular complexity index is 845. The summed E-state index contributed by atoms with van der Waals surface area (Å²) in [6, 6.07) is 16.2. The molecule has 6 heteroatoms. The molecule has 2 heterocycles. The number of fused-ring (bicyclic) bond motifs is 1. The number of hydrogen-bond acceptors (Lipinski definition) is 4. The van der Waals surface area contributed by atoms with Crippen LogP contribution in [0, 0.1) is 0 Å². The summed E-state index contributed by atoms with van der Waals surface area (Å²) in [7, 11) is 0. The second-order valence-electron chi connectivity index (χ2n) is 5.66. The number of amidine groups is 1. The number of benzene rings is 2. The summed E-state index contributed by atoms with van der Waals surface area (Å²) < 4.78 is 0. The van der Waals surface area contributed by atoms with Gasteiger partial charge in [0.25, 0.3) is 0 Å². The molecule has 1 amide bonds. The predicted octanol–water partition coefficient (Wildman–Crippen LogP) is 2.78. The number of carbonyl (C=O) groups excluding carboxylic acids is 1. The minimum absolute atomic E-state index is 0.0514. The quantitative estimate of drug-likeness (QED) is 0.906. The summed E-state index contributed by atoms with van der Waals surface area (Å²) in [4.78, 5) is 16.0. The van der Waals surface area contributed by atoms with Gasteiger partial charge in [0.1, 0.15) is 0 Å². The van der Waals surface area contributed by atoms with Gasteiger partial charge in [-0.25, -0.2) is 0 Å². The monoisotopic (exact) mass is 336 g/mol. The number of nitrogens with one attached hydrogen (secondary N) is 2. The van der Waals surface area contributed by atoms with Gasteiger partial charge < -0.3 is 5.32 Å². The Morgan fingerprint density at radius 2 is 2.04 bits per heavy atom. The standard InChI is InChI=1S/C18H16N4OS/c23-17-9-14-7-6-13(8-15(14)20-17)16-11-24-18(22-21-16)19-10-12-4-2-1-3-5-12/h1-8H,9-11H2,(H,19,22)(H,20,23). The molecule has 0 saturated heterocycles. The predicted molar refractivity (Wildman–Crippen MR) is 98.5 cm³/mol. The van der Waals surface area contributed by atoms with Gasteiger partial charge in [0.15, 0.2) is 5.17 Å². The smallest absolute Gasteiger partial charge is 0.228 e. The Balaban J connectivity index is 1.45. The number of hydrazone groups is 1. The van der Waals surface area contributed by atoms with E-state index in [0.29, 0.717) is 13.0 Å². The second-order valence-corrected chi connectivity index (χ2v) is 6.63. The van der Waals surface area contributed by atoms with Crippen molar-refractivity contribution in [3.05, 3.63) is 65.2 Å². The van der Waals surface area contributed by atoms with Crippen LogP contribution in [0.3, 0.4) is 0 Å². The molecule has 5 nitrogen and oxygen atoms in total. The molecule has 2 N–H and O–H groups in total. The van der Waals surface area contributed by atoms with Crippen molar-refractivity contribution in [3.8, 4) is 0 Å². The molecule has 0 radical (unpaired) electrons. The third-order valence-corrected chi connectivity index (χ3v) is 4.86. The van der Waals surface area contributed by atoms with E-state index in [1.54, 1.807) is 11.8 Å². The highest BCUT2D eigenvalue weighted by Crippen LogP contribution is 2.25. The second kappa shape index (κ2) is 6.49. The van der Waals surface area contributed by atoms with Gasteiger partial charge >= 0.3 is 0 Å².